The number of nitrogens with zero attached hydrogens (tertiary/aromatic N) is 4. The van der Waals surface area contributed by atoms with Gasteiger partial charge in [-0.1, -0.05) is 133 Å². The van der Waals surface area contributed by atoms with Crippen molar-refractivity contribution in [3.05, 3.63) is 194 Å². The van der Waals surface area contributed by atoms with Gasteiger partial charge < -0.3 is 0 Å². The summed E-state index contributed by atoms with van der Waals surface area (Å²) in [5.74, 6) is 1.84. The average molecular weight is 689 g/mol. The lowest BCUT2D eigenvalue weighted by atomic mass is 9.80. The summed E-state index contributed by atoms with van der Waals surface area (Å²) in [6.45, 7) is 0. The third-order valence-corrected chi connectivity index (χ3v) is 10.7. The van der Waals surface area contributed by atoms with Crippen LogP contribution in [0.25, 0.3) is 101 Å². The molecular weight excluding hydrogens is 657 g/mol. The van der Waals surface area contributed by atoms with Gasteiger partial charge in [0.15, 0.2) is 0 Å². The monoisotopic (exact) mass is 688 g/mol. The fourth-order valence-corrected chi connectivity index (χ4v) is 8.30. The molecule has 0 bridgehead atoms. The molecule has 4 nitrogen and oxygen atoms in total. The summed E-state index contributed by atoms with van der Waals surface area (Å²) in [5.41, 5.74) is 17.9. The molecule has 1 aliphatic rings. The molecule has 2 heterocycles. The molecule has 8 aromatic carbocycles. The van der Waals surface area contributed by atoms with Gasteiger partial charge in [-0.2, -0.15) is 0 Å². The molecule has 2 aromatic heterocycles. The van der Waals surface area contributed by atoms with Crippen molar-refractivity contribution in [2.24, 2.45) is 0 Å². The van der Waals surface area contributed by atoms with Crippen LogP contribution in [0.1, 0.15) is 0 Å². The van der Waals surface area contributed by atoms with Gasteiger partial charge in [0.1, 0.15) is 11.6 Å². The largest absolute Gasteiger partial charge is 0.292 e. The maximum atomic E-state index is 5.22. The molecule has 0 saturated carbocycles. The molecule has 0 radical (unpaired) electrons. The van der Waals surface area contributed by atoms with Gasteiger partial charge in [0.25, 0.3) is 0 Å². The Kier molecular flexibility index (Phi) is 6.82. The van der Waals surface area contributed by atoms with Gasteiger partial charge in [-0.15, -0.1) is 0 Å². The van der Waals surface area contributed by atoms with E-state index in [4.69, 9.17) is 9.97 Å². The Hall–Kier alpha value is -7.30. The number of hydrogen-bond acceptors (Lipinski definition) is 2. The predicted octanol–water partition coefficient (Wildman–Crippen LogP) is 12.7. The average Bonchev–Trinajstić information content (AvgIpc) is 3.83. The highest BCUT2D eigenvalue weighted by atomic mass is 15.1. The molecule has 0 atom stereocenters. The first-order valence-electron chi connectivity index (χ1n) is 18.3. The van der Waals surface area contributed by atoms with Crippen LogP contribution >= 0.6 is 0 Å². The van der Waals surface area contributed by atoms with Gasteiger partial charge in [0, 0.05) is 22.5 Å². The Morgan fingerprint density at radius 1 is 0.278 bits per heavy atom. The van der Waals surface area contributed by atoms with E-state index in [1.165, 1.54) is 44.5 Å². The lowest BCUT2D eigenvalue weighted by molar-refractivity contribution is 1.10. The van der Waals surface area contributed by atoms with E-state index in [2.05, 4.69) is 203 Å². The maximum Gasteiger partial charge on any atom is 0.145 e. The minimum absolute atomic E-state index is 0.921. The number of aromatic nitrogens is 4. The maximum absolute atomic E-state index is 5.22. The van der Waals surface area contributed by atoms with Crippen LogP contribution in [0.2, 0.25) is 0 Å². The summed E-state index contributed by atoms with van der Waals surface area (Å²) in [5, 5.41) is 0. The van der Waals surface area contributed by atoms with Gasteiger partial charge in [0.05, 0.1) is 22.1 Å². The summed E-state index contributed by atoms with van der Waals surface area (Å²) in [6, 6.07) is 69.2. The highest BCUT2D eigenvalue weighted by Gasteiger charge is 2.25. The van der Waals surface area contributed by atoms with Crippen molar-refractivity contribution in [1.82, 2.24) is 19.1 Å². The first kappa shape index (κ1) is 30.3. The van der Waals surface area contributed by atoms with E-state index in [9.17, 15) is 0 Å². The summed E-state index contributed by atoms with van der Waals surface area (Å²) in [4.78, 5) is 10.4. The molecule has 0 fully saturated rings. The number of fused-ring (bicyclic) bond motifs is 10. The molecule has 252 valence electrons. The second-order valence-electron chi connectivity index (χ2n) is 13.8. The molecule has 0 amide bonds. The molecular formula is C50H32N4. The van der Waals surface area contributed by atoms with E-state index in [-0.39, 0.29) is 0 Å². The van der Waals surface area contributed by atoms with Crippen molar-refractivity contribution in [2.75, 3.05) is 0 Å². The molecule has 4 heteroatoms. The molecule has 0 aliphatic heterocycles. The van der Waals surface area contributed by atoms with Crippen molar-refractivity contribution in [2.45, 2.75) is 0 Å². The summed E-state index contributed by atoms with van der Waals surface area (Å²) in [7, 11) is 0. The Morgan fingerprint density at radius 2 is 0.611 bits per heavy atom. The molecule has 0 N–H and O–H groups in total. The second kappa shape index (κ2) is 12.1. The fourth-order valence-electron chi connectivity index (χ4n) is 8.30. The summed E-state index contributed by atoms with van der Waals surface area (Å²) >= 11 is 0. The van der Waals surface area contributed by atoms with Gasteiger partial charge >= 0.3 is 0 Å². The zero-order valence-electron chi connectivity index (χ0n) is 29.3. The Morgan fingerprint density at radius 3 is 1.04 bits per heavy atom. The number of hydrogen-bond donors (Lipinski definition) is 0. The highest BCUT2D eigenvalue weighted by molar-refractivity contribution is 6.04. The molecule has 0 unspecified atom stereocenters. The third-order valence-electron chi connectivity index (χ3n) is 10.7. The van der Waals surface area contributed by atoms with Crippen molar-refractivity contribution >= 4 is 22.1 Å². The van der Waals surface area contributed by atoms with Gasteiger partial charge in [-0.3, -0.25) is 9.13 Å². The minimum atomic E-state index is 0.921. The SMILES string of the molecule is c1ccc(-n2c(-c3ccc4c(c3)-c3ccccc3-c3ccc(-c5nc6ccccc6n5-c5ccccc5)cc3-c3ccccc3-4)nc3ccccc32)cc1. The van der Waals surface area contributed by atoms with Crippen LogP contribution in [-0.4, -0.2) is 19.1 Å². The number of para-hydroxylation sites is 6. The van der Waals surface area contributed by atoms with E-state index in [1.54, 1.807) is 0 Å². The van der Waals surface area contributed by atoms with Crippen molar-refractivity contribution in [1.29, 1.82) is 0 Å². The third kappa shape index (κ3) is 4.70. The van der Waals surface area contributed by atoms with E-state index < -0.39 is 0 Å². The standard InChI is InChI=1S/C50H32N4/c1-3-15-35(16-4-1)53-47-25-13-11-23-45(47)51-49(53)33-27-29-41-38-20-8-10-22-40(38)44-32-34(28-30-42(44)37-19-7-9-21-39(37)43(41)31-33)50-52-46-24-12-14-26-48(46)54(50)36-17-5-2-6-18-36/h1-32H. The summed E-state index contributed by atoms with van der Waals surface area (Å²) < 4.78 is 4.55. The first-order chi connectivity index (χ1) is 26.8. The van der Waals surface area contributed by atoms with Crippen LogP contribution < -0.4 is 0 Å². The quantitative estimate of drug-likeness (QED) is 0.184. The smallest absolute Gasteiger partial charge is 0.145 e. The zero-order valence-corrected chi connectivity index (χ0v) is 29.3. The topological polar surface area (TPSA) is 35.6 Å². The molecule has 11 rings (SSSR count). The molecule has 10 aromatic rings. The minimum Gasteiger partial charge on any atom is -0.292 e. The number of rotatable bonds is 4. The lowest BCUT2D eigenvalue weighted by Crippen LogP contribution is -2.01. The van der Waals surface area contributed by atoms with Crippen molar-refractivity contribution in [3.8, 4) is 78.7 Å². The molecule has 1 aliphatic carbocycles. The van der Waals surface area contributed by atoms with E-state index in [0.29, 0.717) is 0 Å². The first-order valence-corrected chi connectivity index (χ1v) is 18.3. The lowest BCUT2D eigenvalue weighted by Gasteiger charge is -2.24. The van der Waals surface area contributed by atoms with Crippen LogP contribution in [0.5, 0.6) is 0 Å². The molecule has 0 spiro atoms. The number of benzene rings is 8. The number of imidazole rings is 2. The Bertz CT molecular complexity index is 2830. The van der Waals surface area contributed by atoms with Crippen LogP contribution in [0.4, 0.5) is 0 Å². The molecule has 0 saturated heterocycles. The van der Waals surface area contributed by atoms with Gasteiger partial charge in [0.2, 0.25) is 0 Å². The van der Waals surface area contributed by atoms with E-state index in [1.807, 2.05) is 0 Å². The summed E-state index contributed by atoms with van der Waals surface area (Å²) in [6.07, 6.45) is 0. The fraction of sp³-hybridized carbons (Fsp3) is 0. The van der Waals surface area contributed by atoms with Gasteiger partial charge in [-0.05, 0) is 105 Å². The van der Waals surface area contributed by atoms with E-state index >= 15 is 0 Å². The normalized spacial score (nSPS) is 11.7. The van der Waals surface area contributed by atoms with Crippen LogP contribution in [0, 0.1) is 0 Å². The zero-order chi connectivity index (χ0) is 35.6. The Labute approximate surface area is 312 Å². The van der Waals surface area contributed by atoms with Crippen LogP contribution in [0.15, 0.2) is 194 Å². The van der Waals surface area contributed by atoms with Crippen LogP contribution in [-0.2, 0) is 0 Å². The van der Waals surface area contributed by atoms with Crippen molar-refractivity contribution < 1.29 is 0 Å². The van der Waals surface area contributed by atoms with E-state index in [0.717, 1.165) is 56.2 Å². The second-order valence-corrected chi connectivity index (χ2v) is 13.8. The Balaban J connectivity index is 1.14. The predicted molar refractivity (Wildman–Crippen MR) is 222 cm³/mol. The van der Waals surface area contributed by atoms with Gasteiger partial charge in [-0.25, -0.2) is 9.97 Å². The van der Waals surface area contributed by atoms with Crippen LogP contribution in [0.3, 0.4) is 0 Å². The molecule has 54 heavy (non-hydrogen) atoms. The van der Waals surface area contributed by atoms with Crippen molar-refractivity contribution in [3.63, 3.8) is 0 Å². The highest BCUT2D eigenvalue weighted by Crippen LogP contribution is 2.49.